The van der Waals surface area contributed by atoms with Gasteiger partial charge < -0.3 is 15.0 Å². The quantitative estimate of drug-likeness (QED) is 0.891. The maximum atomic E-state index is 12.1. The van der Waals surface area contributed by atoms with E-state index in [1.165, 1.54) is 11.1 Å². The van der Waals surface area contributed by atoms with Gasteiger partial charge in [0.05, 0.1) is 7.11 Å². The first-order valence-electron chi connectivity index (χ1n) is 7.32. The minimum Gasteiger partial charge on any atom is -0.497 e. The van der Waals surface area contributed by atoms with E-state index in [1.807, 2.05) is 17.0 Å². The van der Waals surface area contributed by atoms with Gasteiger partial charge in [-0.2, -0.15) is 0 Å². The lowest BCUT2D eigenvalue weighted by atomic mass is 10.0. The van der Waals surface area contributed by atoms with Gasteiger partial charge in [-0.1, -0.05) is 6.07 Å². The van der Waals surface area contributed by atoms with Crippen LogP contribution in [0.4, 0.5) is 0 Å². The third-order valence-corrected chi connectivity index (χ3v) is 3.86. The molecule has 0 bridgehead atoms. The summed E-state index contributed by atoms with van der Waals surface area (Å²) in [7, 11) is 1.68. The lowest BCUT2D eigenvalue weighted by Gasteiger charge is -2.27. The Morgan fingerprint density at radius 3 is 2.75 bits per heavy atom. The zero-order valence-electron chi connectivity index (χ0n) is 12.4. The molecule has 1 aromatic carbocycles. The molecule has 1 aliphatic heterocycles. The van der Waals surface area contributed by atoms with Gasteiger partial charge >= 0.3 is 0 Å². The van der Waals surface area contributed by atoms with Gasteiger partial charge in [-0.25, -0.2) is 0 Å². The van der Waals surface area contributed by atoms with Crippen molar-refractivity contribution in [3.8, 4) is 5.75 Å². The van der Waals surface area contributed by atoms with E-state index in [-0.39, 0.29) is 5.91 Å². The highest BCUT2D eigenvalue weighted by Gasteiger charge is 2.15. The zero-order valence-corrected chi connectivity index (χ0v) is 12.4. The summed E-state index contributed by atoms with van der Waals surface area (Å²) >= 11 is 0. The van der Waals surface area contributed by atoms with Crippen molar-refractivity contribution in [2.45, 2.75) is 26.2 Å². The topological polar surface area (TPSA) is 41.6 Å². The normalized spacial score (nSPS) is 15.2. The van der Waals surface area contributed by atoms with Gasteiger partial charge in [0.2, 0.25) is 5.91 Å². The van der Waals surface area contributed by atoms with Gasteiger partial charge in [0.1, 0.15) is 5.75 Å². The molecule has 1 saturated heterocycles. The Kier molecular flexibility index (Phi) is 5.41. The van der Waals surface area contributed by atoms with Crippen LogP contribution in [0.5, 0.6) is 5.75 Å². The summed E-state index contributed by atoms with van der Waals surface area (Å²) in [6.45, 7) is 5.63. The average molecular weight is 276 g/mol. The molecule has 0 saturated carbocycles. The van der Waals surface area contributed by atoms with Gasteiger partial charge in [0, 0.05) is 32.6 Å². The SMILES string of the molecule is COc1ccc(CCCC(=O)N2CCNCC2)c(C)c1. The van der Waals surface area contributed by atoms with Crippen LogP contribution >= 0.6 is 0 Å². The molecule has 1 fully saturated rings. The van der Waals surface area contributed by atoms with Crippen molar-refractivity contribution in [1.29, 1.82) is 0 Å². The Hall–Kier alpha value is -1.55. The molecule has 0 unspecified atom stereocenters. The fourth-order valence-electron chi connectivity index (χ4n) is 2.58. The molecule has 0 atom stereocenters. The number of nitrogens with zero attached hydrogens (tertiary/aromatic N) is 1. The Labute approximate surface area is 121 Å². The van der Waals surface area contributed by atoms with E-state index in [1.54, 1.807) is 7.11 Å². The summed E-state index contributed by atoms with van der Waals surface area (Å²) in [6.07, 6.45) is 2.51. The molecule has 0 radical (unpaired) electrons. The molecule has 0 spiro atoms. The largest absolute Gasteiger partial charge is 0.497 e. The molecular weight excluding hydrogens is 252 g/mol. The summed E-state index contributed by atoms with van der Waals surface area (Å²) in [5.41, 5.74) is 2.54. The Morgan fingerprint density at radius 1 is 1.35 bits per heavy atom. The number of nitrogens with one attached hydrogen (secondary N) is 1. The maximum absolute atomic E-state index is 12.1. The fraction of sp³-hybridized carbons (Fsp3) is 0.562. The van der Waals surface area contributed by atoms with Gasteiger partial charge in [-0.15, -0.1) is 0 Å². The van der Waals surface area contributed by atoms with Crippen LogP contribution in [0.25, 0.3) is 0 Å². The van der Waals surface area contributed by atoms with Crippen LogP contribution < -0.4 is 10.1 Å². The third kappa shape index (κ3) is 3.97. The van der Waals surface area contributed by atoms with Crippen molar-refractivity contribution < 1.29 is 9.53 Å². The maximum Gasteiger partial charge on any atom is 0.222 e. The van der Waals surface area contributed by atoms with Crippen LogP contribution in [0.3, 0.4) is 0 Å². The number of piperazine rings is 1. The molecule has 110 valence electrons. The summed E-state index contributed by atoms with van der Waals surface area (Å²) < 4.78 is 5.21. The van der Waals surface area contributed by atoms with E-state index in [2.05, 4.69) is 18.3 Å². The number of hydrogen-bond donors (Lipinski definition) is 1. The zero-order chi connectivity index (χ0) is 14.4. The van der Waals surface area contributed by atoms with Gasteiger partial charge in [-0.05, 0) is 43.0 Å². The number of carbonyl (C=O) groups is 1. The van der Waals surface area contributed by atoms with E-state index in [9.17, 15) is 4.79 Å². The number of ether oxygens (including phenoxy) is 1. The Balaban J connectivity index is 1.79. The first-order valence-corrected chi connectivity index (χ1v) is 7.32. The lowest BCUT2D eigenvalue weighted by Crippen LogP contribution is -2.46. The number of aryl methyl sites for hydroxylation is 2. The van der Waals surface area contributed by atoms with Crippen molar-refractivity contribution in [2.75, 3.05) is 33.3 Å². The summed E-state index contributed by atoms with van der Waals surface area (Å²) in [5, 5.41) is 3.26. The minimum atomic E-state index is 0.290. The molecule has 2 rings (SSSR count). The number of carbonyl (C=O) groups excluding carboxylic acids is 1. The monoisotopic (exact) mass is 276 g/mol. The second-order valence-electron chi connectivity index (χ2n) is 5.28. The molecule has 4 nitrogen and oxygen atoms in total. The van der Waals surface area contributed by atoms with E-state index in [0.29, 0.717) is 6.42 Å². The predicted octanol–water partition coefficient (Wildman–Crippen LogP) is 1.76. The van der Waals surface area contributed by atoms with Gasteiger partial charge in [0.15, 0.2) is 0 Å². The first kappa shape index (κ1) is 14.9. The van der Waals surface area contributed by atoms with E-state index < -0.39 is 0 Å². The van der Waals surface area contributed by atoms with Gasteiger partial charge in [-0.3, -0.25) is 4.79 Å². The van der Waals surface area contributed by atoms with Gasteiger partial charge in [0.25, 0.3) is 0 Å². The summed E-state index contributed by atoms with van der Waals surface area (Å²) in [4.78, 5) is 14.0. The van der Waals surface area contributed by atoms with Crippen molar-refractivity contribution >= 4 is 5.91 Å². The lowest BCUT2D eigenvalue weighted by molar-refractivity contribution is -0.131. The van der Waals surface area contributed by atoms with Crippen LogP contribution in [0.1, 0.15) is 24.0 Å². The van der Waals surface area contributed by atoms with Crippen molar-refractivity contribution in [3.05, 3.63) is 29.3 Å². The second kappa shape index (κ2) is 7.29. The summed E-state index contributed by atoms with van der Waals surface area (Å²) in [6, 6.07) is 6.14. The minimum absolute atomic E-state index is 0.290. The molecule has 0 aromatic heterocycles. The molecule has 1 amide bonds. The molecule has 20 heavy (non-hydrogen) atoms. The van der Waals surface area contributed by atoms with Crippen LogP contribution in [-0.4, -0.2) is 44.1 Å². The van der Waals surface area contributed by atoms with Crippen LogP contribution in [-0.2, 0) is 11.2 Å². The number of methoxy groups -OCH3 is 1. The highest BCUT2D eigenvalue weighted by Crippen LogP contribution is 2.18. The molecule has 1 N–H and O–H groups in total. The Morgan fingerprint density at radius 2 is 2.10 bits per heavy atom. The van der Waals surface area contributed by atoms with Crippen molar-refractivity contribution in [1.82, 2.24) is 10.2 Å². The highest BCUT2D eigenvalue weighted by molar-refractivity contribution is 5.76. The smallest absolute Gasteiger partial charge is 0.222 e. The molecule has 1 aliphatic rings. The predicted molar refractivity (Wildman–Crippen MR) is 80.1 cm³/mol. The fourth-order valence-corrected chi connectivity index (χ4v) is 2.58. The van der Waals surface area contributed by atoms with Crippen LogP contribution in [0, 0.1) is 6.92 Å². The van der Waals surface area contributed by atoms with E-state index >= 15 is 0 Å². The Bertz CT molecular complexity index is 454. The highest BCUT2D eigenvalue weighted by atomic mass is 16.5. The average Bonchev–Trinajstić information content (AvgIpc) is 2.49. The third-order valence-electron chi connectivity index (χ3n) is 3.86. The molecule has 0 aliphatic carbocycles. The van der Waals surface area contributed by atoms with E-state index in [0.717, 1.165) is 44.8 Å². The number of rotatable bonds is 5. The molecule has 4 heteroatoms. The number of benzene rings is 1. The van der Waals surface area contributed by atoms with E-state index in [4.69, 9.17) is 4.74 Å². The van der Waals surface area contributed by atoms with Crippen molar-refractivity contribution in [3.63, 3.8) is 0 Å². The molecule has 1 aromatic rings. The molecule has 1 heterocycles. The first-order chi connectivity index (χ1) is 9.70. The summed E-state index contributed by atoms with van der Waals surface area (Å²) in [5.74, 6) is 1.18. The molecular formula is C16H24N2O2. The van der Waals surface area contributed by atoms with Crippen LogP contribution in [0.15, 0.2) is 18.2 Å². The number of amides is 1. The second-order valence-corrected chi connectivity index (χ2v) is 5.28. The van der Waals surface area contributed by atoms with Crippen LogP contribution in [0.2, 0.25) is 0 Å². The number of hydrogen-bond acceptors (Lipinski definition) is 3. The standard InChI is InChI=1S/C16H24N2O2/c1-13-12-15(20-2)7-6-14(13)4-3-5-16(19)18-10-8-17-9-11-18/h6-7,12,17H,3-5,8-11H2,1-2H3. The van der Waals surface area contributed by atoms with Crippen molar-refractivity contribution in [2.24, 2.45) is 0 Å².